The summed E-state index contributed by atoms with van der Waals surface area (Å²) in [5.74, 6) is -0.0688. The van der Waals surface area contributed by atoms with Gasteiger partial charge in [0.05, 0.1) is 17.1 Å². The van der Waals surface area contributed by atoms with E-state index in [1.807, 2.05) is 24.3 Å². The lowest BCUT2D eigenvalue weighted by atomic mass is 10.0. The van der Waals surface area contributed by atoms with Gasteiger partial charge in [-0.2, -0.15) is 0 Å². The molecule has 1 aliphatic heterocycles. The van der Waals surface area contributed by atoms with Gasteiger partial charge in [-0.15, -0.1) is 0 Å². The molecule has 3 aromatic carbocycles. The normalized spacial score (nSPS) is 13.3. The van der Waals surface area contributed by atoms with E-state index >= 15 is 0 Å². The molecule has 0 saturated heterocycles. The standard InChI is InChI=1S/C25H25FN2O4S/c1-27(17-18-32-22-12-10-21(26)11-13-22)25(29)20-8-14-23(15-9-20)33(30,31)28-16-4-6-19-5-2-3-7-24(19)28/h2-3,5,7-15H,4,6,16-18H2,1H3. The number of rotatable bonds is 7. The predicted molar refractivity (Wildman–Crippen MR) is 125 cm³/mol. The summed E-state index contributed by atoms with van der Waals surface area (Å²) in [7, 11) is -2.08. The van der Waals surface area contributed by atoms with Crippen molar-refractivity contribution in [3.8, 4) is 5.75 Å². The van der Waals surface area contributed by atoms with E-state index in [-0.39, 0.29) is 23.2 Å². The molecule has 1 heterocycles. The van der Waals surface area contributed by atoms with Crippen LogP contribution in [0.25, 0.3) is 0 Å². The first-order chi connectivity index (χ1) is 15.9. The largest absolute Gasteiger partial charge is 0.492 e. The number of sulfonamides is 1. The van der Waals surface area contributed by atoms with E-state index in [1.165, 1.54) is 57.7 Å². The molecule has 33 heavy (non-hydrogen) atoms. The second-order valence-electron chi connectivity index (χ2n) is 7.86. The number of hydrogen-bond donors (Lipinski definition) is 0. The number of carbonyl (C=O) groups excluding carboxylic acids is 1. The van der Waals surface area contributed by atoms with Crippen molar-refractivity contribution in [2.75, 3.05) is 31.0 Å². The lowest BCUT2D eigenvalue weighted by Gasteiger charge is -2.30. The van der Waals surface area contributed by atoms with Crippen LogP contribution < -0.4 is 9.04 Å². The van der Waals surface area contributed by atoms with E-state index in [9.17, 15) is 17.6 Å². The number of ether oxygens (including phenoxy) is 1. The summed E-state index contributed by atoms with van der Waals surface area (Å²) in [6.45, 7) is 0.992. The van der Waals surface area contributed by atoms with Crippen molar-refractivity contribution in [3.05, 3.63) is 89.7 Å². The van der Waals surface area contributed by atoms with Crippen molar-refractivity contribution in [1.29, 1.82) is 0 Å². The summed E-state index contributed by atoms with van der Waals surface area (Å²) in [6, 6.07) is 19.2. The molecule has 3 aromatic rings. The molecule has 0 atom stereocenters. The molecule has 0 radical (unpaired) electrons. The molecular weight excluding hydrogens is 443 g/mol. The second-order valence-corrected chi connectivity index (χ2v) is 9.73. The van der Waals surface area contributed by atoms with Gasteiger partial charge in [-0.3, -0.25) is 9.10 Å². The number of nitrogens with zero attached hydrogens (tertiary/aromatic N) is 2. The molecule has 0 spiro atoms. The smallest absolute Gasteiger partial charge is 0.264 e. The van der Waals surface area contributed by atoms with Crippen molar-refractivity contribution in [2.24, 2.45) is 0 Å². The summed E-state index contributed by atoms with van der Waals surface area (Å²) in [5.41, 5.74) is 2.12. The Morgan fingerprint density at radius 1 is 1.03 bits per heavy atom. The third kappa shape index (κ3) is 5.01. The molecule has 0 aliphatic carbocycles. The van der Waals surface area contributed by atoms with Crippen LogP contribution in [0.1, 0.15) is 22.3 Å². The summed E-state index contributed by atoms with van der Waals surface area (Å²) < 4.78 is 46.4. The molecule has 172 valence electrons. The molecule has 8 heteroatoms. The number of fused-ring (bicyclic) bond motifs is 1. The lowest BCUT2D eigenvalue weighted by Crippen LogP contribution is -2.35. The molecule has 0 aromatic heterocycles. The molecule has 0 bridgehead atoms. The van der Waals surface area contributed by atoms with Crippen LogP contribution in [0, 0.1) is 5.82 Å². The Morgan fingerprint density at radius 3 is 2.45 bits per heavy atom. The first-order valence-electron chi connectivity index (χ1n) is 10.7. The zero-order chi connectivity index (χ0) is 23.4. The summed E-state index contributed by atoms with van der Waals surface area (Å²) >= 11 is 0. The van der Waals surface area contributed by atoms with Gasteiger partial charge in [-0.25, -0.2) is 12.8 Å². The number of amides is 1. The molecular formula is C25H25FN2O4S. The third-order valence-corrected chi connectivity index (χ3v) is 7.44. The topological polar surface area (TPSA) is 66.9 Å². The number of para-hydroxylation sites is 1. The van der Waals surface area contributed by atoms with Crippen molar-refractivity contribution < 1.29 is 22.3 Å². The monoisotopic (exact) mass is 468 g/mol. The van der Waals surface area contributed by atoms with Crippen LogP contribution in [0.3, 0.4) is 0 Å². The molecule has 0 saturated carbocycles. The number of hydrogen-bond acceptors (Lipinski definition) is 4. The molecule has 0 fully saturated rings. The quantitative estimate of drug-likeness (QED) is 0.523. The van der Waals surface area contributed by atoms with E-state index < -0.39 is 10.0 Å². The van der Waals surface area contributed by atoms with E-state index in [1.54, 1.807) is 7.05 Å². The van der Waals surface area contributed by atoms with Gasteiger partial charge in [0.2, 0.25) is 0 Å². The van der Waals surface area contributed by atoms with Crippen LogP contribution >= 0.6 is 0 Å². The minimum Gasteiger partial charge on any atom is -0.492 e. The minimum atomic E-state index is -3.72. The van der Waals surface area contributed by atoms with E-state index in [0.29, 0.717) is 30.1 Å². The Labute approximate surface area is 193 Å². The molecule has 4 rings (SSSR count). The van der Waals surface area contributed by atoms with Gasteiger partial charge in [-0.1, -0.05) is 18.2 Å². The van der Waals surface area contributed by atoms with Gasteiger partial charge in [0, 0.05) is 19.2 Å². The highest BCUT2D eigenvalue weighted by Crippen LogP contribution is 2.31. The van der Waals surface area contributed by atoms with Crippen molar-refractivity contribution in [1.82, 2.24) is 4.90 Å². The van der Waals surface area contributed by atoms with Gasteiger partial charge < -0.3 is 9.64 Å². The Balaban J connectivity index is 1.41. The highest BCUT2D eigenvalue weighted by molar-refractivity contribution is 7.92. The highest BCUT2D eigenvalue weighted by Gasteiger charge is 2.29. The van der Waals surface area contributed by atoms with Gasteiger partial charge in [0.1, 0.15) is 18.2 Å². The van der Waals surface area contributed by atoms with Crippen LogP contribution in [0.15, 0.2) is 77.7 Å². The zero-order valence-corrected chi connectivity index (χ0v) is 19.1. The molecule has 6 nitrogen and oxygen atoms in total. The first kappa shape index (κ1) is 22.8. The fraction of sp³-hybridized carbons (Fsp3) is 0.240. The van der Waals surface area contributed by atoms with Crippen molar-refractivity contribution >= 4 is 21.6 Å². The van der Waals surface area contributed by atoms with E-state index in [0.717, 1.165) is 18.4 Å². The van der Waals surface area contributed by atoms with Crippen molar-refractivity contribution in [3.63, 3.8) is 0 Å². The number of aryl methyl sites for hydroxylation is 1. The maximum Gasteiger partial charge on any atom is 0.264 e. The van der Waals surface area contributed by atoms with Crippen LogP contribution in [0.2, 0.25) is 0 Å². The Bertz CT molecular complexity index is 1230. The fourth-order valence-electron chi connectivity index (χ4n) is 3.80. The fourth-order valence-corrected chi connectivity index (χ4v) is 5.34. The molecule has 1 amide bonds. The number of carbonyl (C=O) groups is 1. The van der Waals surface area contributed by atoms with Gasteiger partial charge in [0.15, 0.2) is 0 Å². The SMILES string of the molecule is CN(CCOc1ccc(F)cc1)C(=O)c1ccc(S(=O)(=O)N2CCCc3ccccc32)cc1. The zero-order valence-electron chi connectivity index (χ0n) is 18.3. The number of anilines is 1. The summed E-state index contributed by atoms with van der Waals surface area (Å²) in [6.07, 6.45) is 1.62. The van der Waals surface area contributed by atoms with E-state index in [4.69, 9.17) is 4.74 Å². The Hall–Kier alpha value is -3.39. The van der Waals surface area contributed by atoms with E-state index in [2.05, 4.69) is 0 Å². The summed E-state index contributed by atoms with van der Waals surface area (Å²) in [5, 5.41) is 0. The number of benzene rings is 3. The molecule has 0 N–H and O–H groups in total. The number of halogens is 1. The second kappa shape index (κ2) is 9.62. The molecule has 0 unspecified atom stereocenters. The Kier molecular flexibility index (Phi) is 6.65. The average Bonchev–Trinajstić information content (AvgIpc) is 2.84. The first-order valence-corrected chi connectivity index (χ1v) is 12.1. The van der Waals surface area contributed by atoms with Gasteiger partial charge in [-0.05, 0) is 73.0 Å². The van der Waals surface area contributed by atoms with Crippen molar-refractivity contribution in [2.45, 2.75) is 17.7 Å². The van der Waals surface area contributed by atoms with Crippen LogP contribution in [0.5, 0.6) is 5.75 Å². The van der Waals surface area contributed by atoms with Gasteiger partial charge in [0.25, 0.3) is 15.9 Å². The average molecular weight is 469 g/mol. The minimum absolute atomic E-state index is 0.151. The number of likely N-dealkylation sites (N-methyl/N-ethyl adjacent to an activating group) is 1. The Morgan fingerprint density at radius 2 is 1.73 bits per heavy atom. The summed E-state index contributed by atoms with van der Waals surface area (Å²) in [4.78, 5) is 14.4. The maximum atomic E-state index is 13.3. The highest BCUT2D eigenvalue weighted by atomic mass is 32.2. The van der Waals surface area contributed by atoms with Gasteiger partial charge >= 0.3 is 0 Å². The molecule has 1 aliphatic rings. The predicted octanol–water partition coefficient (Wildman–Crippen LogP) is 4.12. The van der Waals surface area contributed by atoms with Crippen LogP contribution in [-0.4, -0.2) is 46.0 Å². The van der Waals surface area contributed by atoms with Crippen LogP contribution in [0.4, 0.5) is 10.1 Å². The lowest BCUT2D eigenvalue weighted by molar-refractivity contribution is 0.0773. The third-order valence-electron chi connectivity index (χ3n) is 5.61. The maximum absolute atomic E-state index is 13.3. The van der Waals surface area contributed by atoms with Crippen LogP contribution in [-0.2, 0) is 16.4 Å².